The zero-order valence-corrected chi connectivity index (χ0v) is 18.4. The standard InChI is InChI=1S/C20H18Cl2N2O5S/c1-11(2)29-20(26)17-10-30-19(12-4-3-5-13(21)8-12)23(17)18(25)15-7-6-14(24(27)28)9-16(15)22/h3-9,11,17,19H,10H2,1-2H3. The van der Waals surface area contributed by atoms with Crippen molar-refractivity contribution in [2.24, 2.45) is 0 Å². The van der Waals surface area contributed by atoms with Crippen molar-refractivity contribution >= 4 is 52.5 Å². The van der Waals surface area contributed by atoms with Gasteiger partial charge in [0.1, 0.15) is 11.4 Å². The number of carbonyl (C=O) groups is 2. The zero-order chi connectivity index (χ0) is 22.0. The van der Waals surface area contributed by atoms with E-state index in [1.165, 1.54) is 28.8 Å². The average Bonchev–Trinajstić information content (AvgIpc) is 3.12. The molecule has 1 amide bonds. The first kappa shape index (κ1) is 22.4. The number of thioether (sulfide) groups is 1. The topological polar surface area (TPSA) is 89.8 Å². The van der Waals surface area contributed by atoms with Crippen molar-refractivity contribution in [3.8, 4) is 0 Å². The van der Waals surface area contributed by atoms with E-state index in [-0.39, 0.29) is 22.4 Å². The smallest absolute Gasteiger partial charge is 0.330 e. The lowest BCUT2D eigenvalue weighted by molar-refractivity contribution is -0.384. The van der Waals surface area contributed by atoms with Gasteiger partial charge in [-0.25, -0.2) is 4.79 Å². The van der Waals surface area contributed by atoms with Crippen molar-refractivity contribution in [1.29, 1.82) is 0 Å². The molecule has 1 saturated heterocycles. The molecule has 7 nitrogen and oxygen atoms in total. The number of nitro benzene ring substituents is 1. The molecule has 1 heterocycles. The lowest BCUT2D eigenvalue weighted by Gasteiger charge is -2.29. The Morgan fingerprint density at radius 2 is 1.97 bits per heavy atom. The Bertz CT molecular complexity index is 1000. The van der Waals surface area contributed by atoms with Gasteiger partial charge < -0.3 is 9.64 Å². The molecule has 0 aliphatic carbocycles. The lowest BCUT2D eigenvalue weighted by atomic mass is 10.1. The van der Waals surface area contributed by atoms with Gasteiger partial charge in [0.15, 0.2) is 0 Å². The highest BCUT2D eigenvalue weighted by Gasteiger charge is 2.44. The second kappa shape index (κ2) is 9.24. The predicted molar refractivity (Wildman–Crippen MR) is 116 cm³/mol. The van der Waals surface area contributed by atoms with Gasteiger partial charge in [0.05, 0.1) is 21.6 Å². The van der Waals surface area contributed by atoms with Crippen LogP contribution < -0.4 is 0 Å². The largest absolute Gasteiger partial charge is 0.461 e. The van der Waals surface area contributed by atoms with Gasteiger partial charge in [-0.05, 0) is 37.6 Å². The molecule has 3 rings (SSSR count). The Kier molecular flexibility index (Phi) is 6.90. The van der Waals surface area contributed by atoms with Crippen LogP contribution in [-0.4, -0.2) is 39.6 Å². The molecule has 0 radical (unpaired) electrons. The molecule has 0 bridgehead atoms. The van der Waals surface area contributed by atoms with E-state index in [1.807, 2.05) is 6.07 Å². The van der Waals surface area contributed by atoms with Crippen molar-refractivity contribution in [3.63, 3.8) is 0 Å². The Morgan fingerprint density at radius 1 is 1.23 bits per heavy atom. The molecule has 0 N–H and O–H groups in total. The van der Waals surface area contributed by atoms with Crippen LogP contribution in [0.5, 0.6) is 0 Å². The number of benzene rings is 2. The Hall–Kier alpha value is -2.29. The van der Waals surface area contributed by atoms with E-state index in [4.69, 9.17) is 27.9 Å². The van der Waals surface area contributed by atoms with Crippen LogP contribution in [0, 0.1) is 10.1 Å². The van der Waals surface area contributed by atoms with E-state index in [1.54, 1.807) is 32.0 Å². The van der Waals surface area contributed by atoms with Crippen molar-refractivity contribution in [2.75, 3.05) is 5.75 Å². The molecule has 1 aliphatic heterocycles. The van der Waals surface area contributed by atoms with Crippen LogP contribution in [0.3, 0.4) is 0 Å². The molecule has 1 aliphatic rings. The normalized spacial score (nSPS) is 18.5. The summed E-state index contributed by atoms with van der Waals surface area (Å²) >= 11 is 13.7. The van der Waals surface area contributed by atoms with Crippen molar-refractivity contribution in [3.05, 3.63) is 73.8 Å². The fourth-order valence-corrected chi connectivity index (χ4v) is 4.95. The van der Waals surface area contributed by atoms with Gasteiger partial charge in [0, 0.05) is 22.9 Å². The van der Waals surface area contributed by atoms with Gasteiger partial charge in [-0.1, -0.05) is 35.3 Å². The third-order valence-corrected chi connectivity index (χ3v) is 6.26. The molecular weight excluding hydrogens is 451 g/mol. The van der Waals surface area contributed by atoms with E-state index in [2.05, 4.69) is 0 Å². The summed E-state index contributed by atoms with van der Waals surface area (Å²) in [5.41, 5.74) is 0.590. The summed E-state index contributed by atoms with van der Waals surface area (Å²) in [5, 5.41) is 10.9. The summed E-state index contributed by atoms with van der Waals surface area (Å²) in [6.07, 6.45) is -0.340. The van der Waals surface area contributed by atoms with Gasteiger partial charge in [0.25, 0.3) is 11.6 Å². The second-order valence-corrected chi connectivity index (χ2v) is 8.83. The highest BCUT2D eigenvalue weighted by atomic mass is 35.5. The first-order chi connectivity index (χ1) is 14.2. The number of esters is 1. The maximum atomic E-state index is 13.4. The summed E-state index contributed by atoms with van der Waals surface area (Å²) in [4.78, 5) is 37.9. The third-order valence-electron chi connectivity index (χ3n) is 4.39. The molecule has 0 saturated carbocycles. The number of rotatable bonds is 5. The van der Waals surface area contributed by atoms with Gasteiger partial charge >= 0.3 is 5.97 Å². The minimum Gasteiger partial charge on any atom is -0.461 e. The quantitative estimate of drug-likeness (QED) is 0.344. The number of ether oxygens (including phenoxy) is 1. The molecular formula is C20H18Cl2N2O5S. The van der Waals surface area contributed by atoms with Gasteiger partial charge in [-0.15, -0.1) is 11.8 Å². The fraction of sp³-hybridized carbons (Fsp3) is 0.300. The molecule has 2 aromatic carbocycles. The molecule has 10 heteroatoms. The van der Waals surface area contributed by atoms with E-state index in [0.717, 1.165) is 11.6 Å². The number of hydrogen-bond donors (Lipinski definition) is 0. The van der Waals surface area contributed by atoms with Gasteiger partial charge in [0.2, 0.25) is 0 Å². The van der Waals surface area contributed by atoms with Crippen LogP contribution in [0.15, 0.2) is 42.5 Å². The van der Waals surface area contributed by atoms with Crippen molar-refractivity contribution < 1.29 is 19.2 Å². The second-order valence-electron chi connectivity index (χ2n) is 6.88. The monoisotopic (exact) mass is 468 g/mol. The van der Waals surface area contributed by atoms with Crippen molar-refractivity contribution in [2.45, 2.75) is 31.4 Å². The van der Waals surface area contributed by atoms with Crippen LogP contribution in [-0.2, 0) is 9.53 Å². The number of carbonyl (C=O) groups excluding carboxylic acids is 2. The molecule has 30 heavy (non-hydrogen) atoms. The van der Waals surface area contributed by atoms with Crippen LogP contribution in [0.1, 0.15) is 35.1 Å². The Morgan fingerprint density at radius 3 is 2.57 bits per heavy atom. The first-order valence-corrected chi connectivity index (χ1v) is 10.8. The number of nitro groups is 1. The van der Waals surface area contributed by atoms with E-state index < -0.39 is 28.2 Å². The number of hydrogen-bond acceptors (Lipinski definition) is 6. The van der Waals surface area contributed by atoms with Crippen LogP contribution in [0.2, 0.25) is 10.0 Å². The molecule has 2 atom stereocenters. The average molecular weight is 469 g/mol. The maximum absolute atomic E-state index is 13.4. The number of nitrogens with zero attached hydrogens (tertiary/aromatic N) is 2. The summed E-state index contributed by atoms with van der Waals surface area (Å²) in [5.74, 6) is -0.706. The minimum atomic E-state index is -0.833. The van der Waals surface area contributed by atoms with E-state index >= 15 is 0 Å². The summed E-state index contributed by atoms with van der Waals surface area (Å²) in [6.45, 7) is 3.46. The van der Waals surface area contributed by atoms with Crippen LogP contribution in [0.4, 0.5) is 5.69 Å². The number of halogens is 2. The number of amides is 1. The highest BCUT2D eigenvalue weighted by molar-refractivity contribution is 7.99. The first-order valence-electron chi connectivity index (χ1n) is 9.03. The van der Waals surface area contributed by atoms with E-state index in [0.29, 0.717) is 10.8 Å². The lowest BCUT2D eigenvalue weighted by Crippen LogP contribution is -2.44. The molecule has 0 aromatic heterocycles. The fourth-order valence-electron chi connectivity index (χ4n) is 3.09. The SMILES string of the molecule is CC(C)OC(=O)C1CSC(c2cccc(Cl)c2)N1C(=O)c1ccc([N+](=O)[O-])cc1Cl. The molecule has 158 valence electrons. The maximum Gasteiger partial charge on any atom is 0.330 e. The molecule has 1 fully saturated rings. The van der Waals surface area contributed by atoms with E-state index in [9.17, 15) is 19.7 Å². The van der Waals surface area contributed by atoms with Crippen LogP contribution >= 0.6 is 35.0 Å². The summed E-state index contributed by atoms with van der Waals surface area (Å²) in [7, 11) is 0. The Balaban J connectivity index is 2.02. The molecule has 2 aromatic rings. The zero-order valence-electron chi connectivity index (χ0n) is 16.1. The minimum absolute atomic E-state index is 0.0630. The Labute approximate surface area is 187 Å². The third kappa shape index (κ3) is 4.71. The van der Waals surface area contributed by atoms with Gasteiger partial charge in [-0.2, -0.15) is 0 Å². The highest BCUT2D eigenvalue weighted by Crippen LogP contribution is 2.43. The van der Waals surface area contributed by atoms with Gasteiger partial charge in [-0.3, -0.25) is 14.9 Å². The predicted octanol–water partition coefficient (Wildman–Crippen LogP) is 5.11. The summed E-state index contributed by atoms with van der Waals surface area (Å²) in [6, 6.07) is 9.82. The van der Waals surface area contributed by atoms with Crippen molar-refractivity contribution in [1.82, 2.24) is 4.90 Å². The molecule has 2 unspecified atom stereocenters. The number of non-ortho nitro benzene ring substituents is 1. The molecule has 0 spiro atoms. The van der Waals surface area contributed by atoms with Crippen LogP contribution in [0.25, 0.3) is 0 Å². The summed E-state index contributed by atoms with van der Waals surface area (Å²) < 4.78 is 5.34.